The van der Waals surface area contributed by atoms with Crippen molar-refractivity contribution in [3.05, 3.63) is 71.2 Å². The zero-order valence-electron chi connectivity index (χ0n) is 14.6. The number of ether oxygens (including phenoxy) is 3. The molecule has 0 N–H and O–H groups in total. The fourth-order valence-corrected chi connectivity index (χ4v) is 3.03. The summed E-state index contributed by atoms with van der Waals surface area (Å²) in [6.07, 6.45) is 0. The number of thiazole rings is 1. The van der Waals surface area contributed by atoms with Crippen molar-refractivity contribution in [1.82, 2.24) is 4.98 Å². The monoisotopic (exact) mass is 383 g/mol. The van der Waals surface area contributed by atoms with Gasteiger partial charge in [-0.3, -0.25) is 0 Å². The molecule has 0 unspecified atom stereocenters. The van der Waals surface area contributed by atoms with Crippen LogP contribution in [0.1, 0.15) is 20.8 Å². The topological polar surface area (TPSA) is 74.7 Å². The molecule has 0 saturated heterocycles. The molecule has 27 heavy (non-hydrogen) atoms. The third kappa shape index (κ3) is 4.92. The fourth-order valence-electron chi connectivity index (χ4n) is 2.23. The first-order valence-corrected chi connectivity index (χ1v) is 9.04. The Morgan fingerprint density at radius 2 is 1.59 bits per heavy atom. The molecule has 0 atom stereocenters. The van der Waals surface area contributed by atoms with Crippen molar-refractivity contribution in [1.29, 1.82) is 0 Å². The summed E-state index contributed by atoms with van der Waals surface area (Å²) in [7, 11) is 1.60. The Labute approximate surface area is 160 Å². The van der Waals surface area contributed by atoms with E-state index in [9.17, 15) is 9.59 Å². The van der Waals surface area contributed by atoms with Gasteiger partial charge in [0.05, 0.1) is 12.7 Å². The Kier molecular flexibility index (Phi) is 6.17. The van der Waals surface area contributed by atoms with Crippen LogP contribution < -0.4 is 4.74 Å². The number of nitrogens with zero attached hydrogens (tertiary/aromatic N) is 1. The van der Waals surface area contributed by atoms with Gasteiger partial charge in [0, 0.05) is 10.9 Å². The molecule has 3 rings (SSSR count). The van der Waals surface area contributed by atoms with E-state index in [1.165, 1.54) is 11.3 Å². The van der Waals surface area contributed by atoms with Crippen molar-refractivity contribution in [3.63, 3.8) is 0 Å². The van der Waals surface area contributed by atoms with E-state index in [0.29, 0.717) is 10.6 Å². The number of rotatable bonds is 7. The Morgan fingerprint density at radius 1 is 0.926 bits per heavy atom. The third-order valence-electron chi connectivity index (χ3n) is 3.61. The summed E-state index contributed by atoms with van der Waals surface area (Å²) in [4.78, 5) is 28.1. The highest BCUT2D eigenvalue weighted by atomic mass is 32.1. The largest absolute Gasteiger partial charge is 0.497 e. The van der Waals surface area contributed by atoms with Gasteiger partial charge in [-0.15, -0.1) is 11.3 Å². The molecule has 0 amide bonds. The van der Waals surface area contributed by atoms with Crippen LogP contribution in [0.3, 0.4) is 0 Å². The Balaban J connectivity index is 1.48. The second kappa shape index (κ2) is 8.95. The summed E-state index contributed by atoms with van der Waals surface area (Å²) in [5, 5.41) is 2.35. The van der Waals surface area contributed by atoms with Crippen molar-refractivity contribution in [2.45, 2.75) is 0 Å². The number of benzene rings is 2. The highest BCUT2D eigenvalue weighted by Crippen LogP contribution is 2.25. The number of esters is 2. The van der Waals surface area contributed by atoms with E-state index in [1.54, 1.807) is 36.8 Å². The Bertz CT molecular complexity index is 906. The summed E-state index contributed by atoms with van der Waals surface area (Å²) in [6.45, 7) is -0.0538. The molecule has 0 aliphatic rings. The zero-order valence-corrected chi connectivity index (χ0v) is 15.4. The molecule has 138 valence electrons. The lowest BCUT2D eigenvalue weighted by atomic mass is 10.2. The molecule has 0 aliphatic carbocycles. The van der Waals surface area contributed by atoms with Crippen molar-refractivity contribution < 1.29 is 23.8 Å². The molecule has 3 aromatic rings. The maximum atomic E-state index is 12.1. The molecule has 7 heteroatoms. The third-order valence-corrected chi connectivity index (χ3v) is 4.50. The van der Waals surface area contributed by atoms with Crippen LogP contribution in [0, 0.1) is 0 Å². The predicted molar refractivity (Wildman–Crippen MR) is 101 cm³/mol. The number of aromatic nitrogens is 1. The molecule has 0 saturated carbocycles. The highest BCUT2D eigenvalue weighted by molar-refractivity contribution is 7.13. The van der Waals surface area contributed by atoms with Crippen LogP contribution in [0.2, 0.25) is 0 Å². The van der Waals surface area contributed by atoms with Crippen molar-refractivity contribution in [3.8, 4) is 16.3 Å². The van der Waals surface area contributed by atoms with Crippen molar-refractivity contribution >= 4 is 23.3 Å². The van der Waals surface area contributed by atoms with E-state index in [-0.39, 0.29) is 18.9 Å². The summed E-state index contributed by atoms with van der Waals surface area (Å²) in [6, 6.07) is 16.0. The van der Waals surface area contributed by atoms with Gasteiger partial charge in [0.2, 0.25) is 0 Å². The van der Waals surface area contributed by atoms with E-state index in [1.807, 2.05) is 30.3 Å². The van der Waals surface area contributed by atoms with Gasteiger partial charge in [-0.25, -0.2) is 14.6 Å². The number of carbonyl (C=O) groups excluding carboxylic acids is 2. The smallest absolute Gasteiger partial charge is 0.357 e. The number of hydrogen-bond acceptors (Lipinski definition) is 7. The van der Waals surface area contributed by atoms with Gasteiger partial charge in [-0.05, 0) is 36.4 Å². The summed E-state index contributed by atoms with van der Waals surface area (Å²) >= 11 is 1.35. The van der Waals surface area contributed by atoms with Crippen molar-refractivity contribution in [2.75, 3.05) is 20.3 Å². The second-order valence-corrected chi connectivity index (χ2v) is 6.26. The second-order valence-electron chi connectivity index (χ2n) is 5.40. The lowest BCUT2D eigenvalue weighted by Gasteiger charge is -2.05. The van der Waals surface area contributed by atoms with E-state index in [0.717, 1.165) is 11.3 Å². The summed E-state index contributed by atoms with van der Waals surface area (Å²) < 4.78 is 15.3. The average molecular weight is 383 g/mol. The molecule has 0 spiro atoms. The van der Waals surface area contributed by atoms with Crippen LogP contribution in [-0.4, -0.2) is 37.2 Å². The van der Waals surface area contributed by atoms with Crippen LogP contribution >= 0.6 is 11.3 Å². The van der Waals surface area contributed by atoms with Gasteiger partial charge in [-0.2, -0.15) is 0 Å². The molecule has 0 aliphatic heterocycles. The SMILES string of the molecule is COc1ccc(-c2nc(C(=O)OCCOC(=O)c3ccccc3)cs2)cc1. The van der Waals surface area contributed by atoms with Gasteiger partial charge in [-0.1, -0.05) is 18.2 Å². The first-order chi connectivity index (χ1) is 13.2. The molecule has 0 fully saturated rings. The van der Waals surface area contributed by atoms with E-state index in [2.05, 4.69) is 4.98 Å². The minimum Gasteiger partial charge on any atom is -0.497 e. The van der Waals surface area contributed by atoms with Crippen LogP contribution in [-0.2, 0) is 9.47 Å². The maximum Gasteiger partial charge on any atom is 0.357 e. The molecular weight excluding hydrogens is 366 g/mol. The van der Waals surface area contributed by atoms with Crippen LogP contribution in [0.15, 0.2) is 60.0 Å². The molecule has 2 aromatic carbocycles. The lowest BCUT2D eigenvalue weighted by Crippen LogP contribution is -2.14. The van der Waals surface area contributed by atoms with Crippen LogP contribution in [0.25, 0.3) is 10.6 Å². The fraction of sp³-hybridized carbons (Fsp3) is 0.150. The minimum absolute atomic E-state index is 0.0189. The first kappa shape index (κ1) is 18.6. The van der Waals surface area contributed by atoms with Crippen LogP contribution in [0.4, 0.5) is 0 Å². The molecule has 6 nitrogen and oxygen atoms in total. The number of carbonyl (C=O) groups is 2. The minimum atomic E-state index is -0.554. The van der Waals surface area contributed by atoms with Gasteiger partial charge < -0.3 is 14.2 Å². The first-order valence-electron chi connectivity index (χ1n) is 8.16. The maximum absolute atomic E-state index is 12.1. The molecule has 1 aromatic heterocycles. The Morgan fingerprint density at radius 3 is 2.26 bits per heavy atom. The molecular formula is C20H17NO5S. The van der Waals surface area contributed by atoms with E-state index in [4.69, 9.17) is 14.2 Å². The molecule has 0 bridgehead atoms. The number of methoxy groups -OCH3 is 1. The average Bonchev–Trinajstić information content (AvgIpc) is 3.22. The quantitative estimate of drug-likeness (QED) is 0.456. The van der Waals surface area contributed by atoms with E-state index >= 15 is 0 Å². The Hall–Kier alpha value is -3.19. The van der Waals surface area contributed by atoms with Crippen LogP contribution in [0.5, 0.6) is 5.75 Å². The number of hydrogen-bond donors (Lipinski definition) is 0. The standard InChI is InChI=1S/C20H17NO5S/c1-24-16-9-7-14(8-10-16)18-21-17(13-27-18)20(23)26-12-11-25-19(22)15-5-3-2-4-6-15/h2-10,13H,11-12H2,1H3. The predicted octanol–water partition coefficient (Wildman–Crippen LogP) is 3.83. The van der Waals surface area contributed by atoms with Gasteiger partial charge >= 0.3 is 11.9 Å². The summed E-state index contributed by atoms with van der Waals surface area (Å²) in [5.41, 5.74) is 1.56. The van der Waals surface area contributed by atoms with Crippen molar-refractivity contribution in [2.24, 2.45) is 0 Å². The normalized spacial score (nSPS) is 10.3. The van der Waals surface area contributed by atoms with E-state index < -0.39 is 11.9 Å². The zero-order chi connectivity index (χ0) is 19.1. The van der Waals surface area contributed by atoms with Gasteiger partial charge in [0.25, 0.3) is 0 Å². The summed E-state index contributed by atoms with van der Waals surface area (Å²) in [5.74, 6) is -0.260. The van der Waals surface area contributed by atoms with Gasteiger partial charge in [0.15, 0.2) is 5.69 Å². The highest BCUT2D eigenvalue weighted by Gasteiger charge is 2.14. The van der Waals surface area contributed by atoms with Gasteiger partial charge in [0.1, 0.15) is 24.0 Å². The molecule has 0 radical (unpaired) electrons. The lowest BCUT2D eigenvalue weighted by molar-refractivity contribution is 0.0262. The molecule has 1 heterocycles.